The highest BCUT2D eigenvalue weighted by atomic mass is 35.5. The predicted octanol–water partition coefficient (Wildman–Crippen LogP) is 4.49. The summed E-state index contributed by atoms with van der Waals surface area (Å²) in [4.78, 5) is 26.3. The van der Waals surface area contributed by atoms with Gasteiger partial charge in [-0.15, -0.1) is 0 Å². The van der Waals surface area contributed by atoms with E-state index in [2.05, 4.69) is 10.3 Å². The number of nitrogens with one attached hydrogen (secondary N) is 1. The van der Waals surface area contributed by atoms with E-state index in [1.54, 1.807) is 12.1 Å². The van der Waals surface area contributed by atoms with Gasteiger partial charge in [0.1, 0.15) is 5.69 Å². The molecule has 0 bridgehead atoms. The Labute approximate surface area is 157 Å². The SMILES string of the molecule is CC1=NC(c2cccc(NC(=O)c3ccc(Cl)cn3)c2)(C2CC2)N=C1C. The van der Waals surface area contributed by atoms with Gasteiger partial charge in [0.05, 0.1) is 16.4 Å². The number of carbonyl (C=O) groups excluding carboxylic acids is 1. The molecule has 0 spiro atoms. The molecule has 0 unspecified atom stereocenters. The number of nitrogens with zero attached hydrogens (tertiary/aromatic N) is 3. The fourth-order valence-corrected chi connectivity index (χ4v) is 3.37. The minimum atomic E-state index is -0.534. The molecule has 1 aromatic carbocycles. The largest absolute Gasteiger partial charge is 0.321 e. The second kappa shape index (κ2) is 6.32. The van der Waals surface area contributed by atoms with Gasteiger partial charge in [-0.25, -0.2) is 4.98 Å². The van der Waals surface area contributed by atoms with Gasteiger partial charge in [-0.05, 0) is 51.0 Å². The van der Waals surface area contributed by atoms with Crippen molar-refractivity contribution in [2.75, 3.05) is 5.32 Å². The van der Waals surface area contributed by atoms with Crippen LogP contribution in [0, 0.1) is 5.92 Å². The molecule has 4 rings (SSSR count). The lowest BCUT2D eigenvalue weighted by atomic mass is 9.95. The van der Waals surface area contributed by atoms with Crippen LogP contribution in [0.1, 0.15) is 42.7 Å². The molecule has 6 heteroatoms. The molecule has 5 nitrogen and oxygen atoms in total. The Kier molecular flexibility index (Phi) is 4.11. The van der Waals surface area contributed by atoms with Crippen molar-refractivity contribution in [2.24, 2.45) is 15.9 Å². The number of carbonyl (C=O) groups is 1. The van der Waals surface area contributed by atoms with Crippen LogP contribution >= 0.6 is 11.6 Å². The van der Waals surface area contributed by atoms with E-state index in [9.17, 15) is 4.79 Å². The fraction of sp³-hybridized carbons (Fsp3) is 0.300. The number of amides is 1. The number of hydrogen-bond acceptors (Lipinski definition) is 4. The maximum absolute atomic E-state index is 12.4. The van der Waals surface area contributed by atoms with E-state index in [0.29, 0.717) is 22.3 Å². The normalized spacial score (nSPS) is 18.3. The molecule has 1 fully saturated rings. The number of hydrogen-bond donors (Lipinski definition) is 1. The first-order chi connectivity index (χ1) is 12.5. The van der Waals surface area contributed by atoms with Gasteiger partial charge in [0.25, 0.3) is 5.91 Å². The zero-order chi connectivity index (χ0) is 18.3. The monoisotopic (exact) mass is 366 g/mol. The molecular formula is C20H19ClN4O. The van der Waals surface area contributed by atoms with Crippen molar-refractivity contribution in [1.82, 2.24) is 4.98 Å². The molecule has 1 aliphatic heterocycles. The van der Waals surface area contributed by atoms with Crippen molar-refractivity contribution in [3.8, 4) is 0 Å². The van der Waals surface area contributed by atoms with Crippen molar-refractivity contribution in [1.29, 1.82) is 0 Å². The molecule has 1 N–H and O–H groups in total. The molecule has 26 heavy (non-hydrogen) atoms. The first kappa shape index (κ1) is 16.9. The average molecular weight is 367 g/mol. The summed E-state index contributed by atoms with van der Waals surface area (Å²) >= 11 is 5.83. The van der Waals surface area contributed by atoms with E-state index in [0.717, 1.165) is 29.8 Å². The summed E-state index contributed by atoms with van der Waals surface area (Å²) in [7, 11) is 0. The molecule has 0 atom stereocenters. The Bertz CT molecular complexity index is 911. The van der Waals surface area contributed by atoms with Crippen molar-refractivity contribution < 1.29 is 4.79 Å². The first-order valence-corrected chi connectivity index (χ1v) is 9.02. The molecule has 132 valence electrons. The molecule has 2 heterocycles. The van der Waals surface area contributed by atoms with Gasteiger partial charge in [0.15, 0.2) is 5.66 Å². The molecule has 1 aliphatic carbocycles. The minimum Gasteiger partial charge on any atom is -0.321 e. The molecular weight excluding hydrogens is 348 g/mol. The van der Waals surface area contributed by atoms with Gasteiger partial charge in [-0.3, -0.25) is 14.8 Å². The molecule has 1 saturated carbocycles. The molecule has 1 aromatic heterocycles. The van der Waals surface area contributed by atoms with Gasteiger partial charge in [-0.1, -0.05) is 23.7 Å². The predicted molar refractivity (Wildman–Crippen MR) is 104 cm³/mol. The van der Waals surface area contributed by atoms with E-state index in [1.807, 2.05) is 38.1 Å². The fourth-order valence-electron chi connectivity index (χ4n) is 3.26. The Balaban J connectivity index is 1.63. The summed E-state index contributed by atoms with van der Waals surface area (Å²) in [6.45, 7) is 4.00. The van der Waals surface area contributed by atoms with Crippen LogP contribution in [0.2, 0.25) is 5.02 Å². The topological polar surface area (TPSA) is 66.7 Å². The van der Waals surface area contributed by atoms with Crippen LogP contribution in [-0.4, -0.2) is 22.3 Å². The zero-order valence-electron chi connectivity index (χ0n) is 14.7. The molecule has 0 saturated heterocycles. The first-order valence-electron chi connectivity index (χ1n) is 8.65. The quantitative estimate of drug-likeness (QED) is 0.866. The lowest BCUT2D eigenvalue weighted by molar-refractivity contribution is 0.102. The van der Waals surface area contributed by atoms with Gasteiger partial charge in [-0.2, -0.15) is 0 Å². The molecule has 1 amide bonds. The number of pyridine rings is 1. The number of benzene rings is 1. The van der Waals surface area contributed by atoms with Crippen molar-refractivity contribution in [2.45, 2.75) is 32.4 Å². The third kappa shape index (κ3) is 3.03. The van der Waals surface area contributed by atoms with Crippen LogP contribution in [0.3, 0.4) is 0 Å². The van der Waals surface area contributed by atoms with Crippen LogP contribution in [-0.2, 0) is 5.66 Å². The Morgan fingerprint density at radius 1 is 1.15 bits per heavy atom. The summed E-state index contributed by atoms with van der Waals surface area (Å²) in [5.41, 5.74) is 3.47. The maximum Gasteiger partial charge on any atom is 0.274 e. The number of anilines is 1. The van der Waals surface area contributed by atoms with E-state index < -0.39 is 5.66 Å². The summed E-state index contributed by atoms with van der Waals surface area (Å²) < 4.78 is 0. The highest BCUT2D eigenvalue weighted by molar-refractivity contribution is 6.41. The van der Waals surface area contributed by atoms with Crippen LogP contribution in [0.15, 0.2) is 52.6 Å². The molecule has 2 aromatic rings. The number of halogens is 1. The lowest BCUT2D eigenvalue weighted by Crippen LogP contribution is -2.22. The van der Waals surface area contributed by atoms with E-state index in [4.69, 9.17) is 21.6 Å². The Hall–Kier alpha value is -2.53. The van der Waals surface area contributed by atoms with Crippen LogP contribution < -0.4 is 5.32 Å². The third-order valence-corrected chi connectivity index (χ3v) is 5.08. The van der Waals surface area contributed by atoms with Gasteiger partial charge in [0, 0.05) is 23.4 Å². The Morgan fingerprint density at radius 3 is 2.50 bits per heavy atom. The standard InChI is InChI=1S/C20H19ClN4O/c1-12-13(2)25-20(24-12,14-6-7-14)15-4-3-5-17(10-15)23-19(26)18-9-8-16(21)11-22-18/h3-5,8-11,14H,6-7H2,1-2H3,(H,23,26). The van der Waals surface area contributed by atoms with Gasteiger partial charge >= 0.3 is 0 Å². The zero-order valence-corrected chi connectivity index (χ0v) is 15.4. The third-order valence-electron chi connectivity index (χ3n) is 4.85. The second-order valence-corrected chi connectivity index (χ2v) is 7.23. The van der Waals surface area contributed by atoms with E-state index in [-0.39, 0.29) is 5.91 Å². The van der Waals surface area contributed by atoms with Crippen molar-refractivity contribution in [3.05, 3.63) is 58.9 Å². The summed E-state index contributed by atoms with van der Waals surface area (Å²) in [5.74, 6) is 0.156. The number of aromatic nitrogens is 1. The minimum absolute atomic E-state index is 0.273. The van der Waals surface area contributed by atoms with Gasteiger partial charge < -0.3 is 5.32 Å². The number of aliphatic imine (C=N–C) groups is 2. The smallest absolute Gasteiger partial charge is 0.274 e. The lowest BCUT2D eigenvalue weighted by Gasteiger charge is -2.24. The van der Waals surface area contributed by atoms with E-state index in [1.165, 1.54) is 6.20 Å². The summed E-state index contributed by atoms with van der Waals surface area (Å²) in [5, 5.41) is 3.40. The second-order valence-electron chi connectivity index (χ2n) is 6.79. The van der Waals surface area contributed by atoms with Crippen molar-refractivity contribution in [3.63, 3.8) is 0 Å². The van der Waals surface area contributed by atoms with Gasteiger partial charge in [0.2, 0.25) is 0 Å². The average Bonchev–Trinajstić information content (AvgIpc) is 3.43. The van der Waals surface area contributed by atoms with Crippen LogP contribution in [0.5, 0.6) is 0 Å². The van der Waals surface area contributed by atoms with E-state index >= 15 is 0 Å². The van der Waals surface area contributed by atoms with Crippen molar-refractivity contribution >= 4 is 34.6 Å². The highest BCUT2D eigenvalue weighted by Gasteiger charge is 2.49. The number of rotatable bonds is 4. The Morgan fingerprint density at radius 2 is 1.88 bits per heavy atom. The van der Waals surface area contributed by atoms with Crippen LogP contribution in [0.25, 0.3) is 0 Å². The summed E-state index contributed by atoms with van der Waals surface area (Å²) in [6.07, 6.45) is 3.71. The maximum atomic E-state index is 12.4. The molecule has 2 aliphatic rings. The summed E-state index contributed by atoms with van der Waals surface area (Å²) in [6, 6.07) is 11.0. The van der Waals surface area contributed by atoms with Crippen LogP contribution in [0.4, 0.5) is 5.69 Å². The highest BCUT2D eigenvalue weighted by Crippen LogP contribution is 2.51. The molecule has 0 radical (unpaired) electrons.